The third kappa shape index (κ3) is 2.45. The first kappa shape index (κ1) is 11.5. The summed E-state index contributed by atoms with van der Waals surface area (Å²) in [6.07, 6.45) is 0.775. The quantitative estimate of drug-likeness (QED) is 0.648. The molecule has 0 aromatic rings. The van der Waals surface area contributed by atoms with Crippen LogP contribution in [0.1, 0.15) is 20.3 Å². The van der Waals surface area contributed by atoms with Crippen LogP contribution < -0.4 is 0 Å². The minimum absolute atomic E-state index is 0.113. The van der Waals surface area contributed by atoms with Gasteiger partial charge in [0.15, 0.2) is 0 Å². The molecule has 82 valence electrons. The molecule has 0 spiro atoms. The Labute approximate surface area is 84.8 Å². The topological polar surface area (TPSA) is 49.8 Å². The van der Waals surface area contributed by atoms with Gasteiger partial charge >= 0.3 is 5.97 Å². The molecule has 1 heterocycles. The zero-order valence-electron chi connectivity index (χ0n) is 8.90. The van der Waals surface area contributed by atoms with Crippen LogP contribution in [0.3, 0.4) is 0 Å². The lowest BCUT2D eigenvalue weighted by Gasteiger charge is -2.42. The molecule has 0 saturated carbocycles. The van der Waals surface area contributed by atoms with Gasteiger partial charge in [-0.2, -0.15) is 0 Å². The zero-order chi connectivity index (χ0) is 10.6. The Balaban J connectivity index is 2.36. The van der Waals surface area contributed by atoms with E-state index in [9.17, 15) is 4.79 Å². The molecule has 1 saturated heterocycles. The van der Waals surface area contributed by atoms with Gasteiger partial charge in [0.1, 0.15) is 6.04 Å². The van der Waals surface area contributed by atoms with Gasteiger partial charge in [0, 0.05) is 25.6 Å². The van der Waals surface area contributed by atoms with Crippen LogP contribution in [-0.2, 0) is 9.53 Å². The summed E-state index contributed by atoms with van der Waals surface area (Å²) in [4.78, 5) is 13.5. The van der Waals surface area contributed by atoms with Gasteiger partial charge < -0.3 is 9.84 Å². The van der Waals surface area contributed by atoms with E-state index in [2.05, 4.69) is 4.90 Å². The summed E-state index contributed by atoms with van der Waals surface area (Å²) in [5, 5.41) is 8.86. The van der Waals surface area contributed by atoms with Gasteiger partial charge in [-0.3, -0.25) is 9.69 Å². The SMILES string of the molecule is CCOC(=O)C(CC)N1CC(CO)C1. The molecule has 1 rings (SSSR count). The van der Waals surface area contributed by atoms with Crippen molar-refractivity contribution in [2.45, 2.75) is 26.3 Å². The van der Waals surface area contributed by atoms with Crippen LogP contribution in [0.25, 0.3) is 0 Å². The van der Waals surface area contributed by atoms with Crippen LogP contribution in [0.5, 0.6) is 0 Å². The molecule has 1 unspecified atom stereocenters. The minimum Gasteiger partial charge on any atom is -0.465 e. The molecular formula is C10H19NO3. The van der Waals surface area contributed by atoms with E-state index in [1.54, 1.807) is 0 Å². The number of rotatable bonds is 5. The van der Waals surface area contributed by atoms with Crippen molar-refractivity contribution in [3.05, 3.63) is 0 Å². The first-order valence-electron chi connectivity index (χ1n) is 5.24. The Morgan fingerprint density at radius 3 is 2.64 bits per heavy atom. The Morgan fingerprint density at radius 2 is 2.21 bits per heavy atom. The van der Waals surface area contributed by atoms with Gasteiger partial charge in [0.2, 0.25) is 0 Å². The second-order valence-corrected chi connectivity index (χ2v) is 3.68. The minimum atomic E-state index is -0.133. The molecule has 0 aromatic carbocycles. The van der Waals surface area contributed by atoms with Crippen LogP contribution >= 0.6 is 0 Å². The molecule has 0 aromatic heterocycles. The molecule has 4 nitrogen and oxygen atoms in total. The number of hydrogen-bond acceptors (Lipinski definition) is 4. The van der Waals surface area contributed by atoms with Crippen molar-refractivity contribution >= 4 is 5.97 Å². The summed E-state index contributed by atoms with van der Waals surface area (Å²) in [5.41, 5.74) is 0. The predicted molar refractivity (Wildman–Crippen MR) is 52.9 cm³/mol. The number of hydrogen-bond donors (Lipinski definition) is 1. The maximum atomic E-state index is 11.5. The Hall–Kier alpha value is -0.610. The maximum absolute atomic E-state index is 11.5. The van der Waals surface area contributed by atoms with Gasteiger partial charge in [-0.05, 0) is 13.3 Å². The van der Waals surface area contributed by atoms with Crippen LogP contribution in [0, 0.1) is 5.92 Å². The molecule has 1 fully saturated rings. The van der Waals surface area contributed by atoms with Crippen LogP contribution in [0.4, 0.5) is 0 Å². The molecule has 0 radical (unpaired) electrons. The average molecular weight is 201 g/mol. The molecule has 0 amide bonds. The lowest BCUT2D eigenvalue weighted by molar-refractivity contribution is -0.153. The van der Waals surface area contributed by atoms with E-state index < -0.39 is 0 Å². The average Bonchev–Trinajstić information content (AvgIpc) is 2.10. The van der Waals surface area contributed by atoms with Crippen molar-refractivity contribution in [1.82, 2.24) is 4.90 Å². The van der Waals surface area contributed by atoms with Crippen LogP contribution in [-0.4, -0.2) is 48.3 Å². The number of carbonyl (C=O) groups excluding carboxylic acids is 1. The largest absolute Gasteiger partial charge is 0.465 e. The lowest BCUT2D eigenvalue weighted by Crippen LogP contribution is -2.56. The zero-order valence-corrected chi connectivity index (χ0v) is 8.90. The number of likely N-dealkylation sites (tertiary alicyclic amines) is 1. The number of ether oxygens (including phenoxy) is 1. The van der Waals surface area contributed by atoms with Crippen molar-refractivity contribution in [3.8, 4) is 0 Å². The molecular weight excluding hydrogens is 182 g/mol. The Morgan fingerprint density at radius 1 is 1.57 bits per heavy atom. The van der Waals surface area contributed by atoms with Crippen LogP contribution in [0.2, 0.25) is 0 Å². The summed E-state index contributed by atoms with van der Waals surface area (Å²) in [6, 6.07) is -0.113. The summed E-state index contributed by atoms with van der Waals surface area (Å²) in [5.74, 6) is 0.213. The van der Waals surface area contributed by atoms with Gasteiger partial charge in [-0.1, -0.05) is 6.92 Å². The Bertz CT molecular complexity index is 190. The summed E-state index contributed by atoms with van der Waals surface area (Å²) in [6.45, 7) is 6.08. The first-order valence-corrected chi connectivity index (χ1v) is 5.24. The van der Waals surface area contributed by atoms with Gasteiger partial charge in [0.05, 0.1) is 6.61 Å². The molecule has 14 heavy (non-hydrogen) atoms. The van der Waals surface area contributed by atoms with Crippen molar-refractivity contribution in [1.29, 1.82) is 0 Å². The van der Waals surface area contributed by atoms with E-state index in [-0.39, 0.29) is 18.6 Å². The second-order valence-electron chi connectivity index (χ2n) is 3.68. The highest BCUT2D eigenvalue weighted by Gasteiger charge is 2.35. The van der Waals surface area contributed by atoms with E-state index in [0.717, 1.165) is 19.5 Å². The summed E-state index contributed by atoms with van der Waals surface area (Å²) in [7, 11) is 0. The number of nitrogens with zero attached hydrogens (tertiary/aromatic N) is 1. The normalized spacial score (nSPS) is 20.2. The molecule has 1 N–H and O–H groups in total. The summed E-state index contributed by atoms with van der Waals surface area (Å²) < 4.78 is 4.98. The van der Waals surface area contributed by atoms with Gasteiger partial charge in [-0.25, -0.2) is 0 Å². The number of aliphatic hydroxyl groups excluding tert-OH is 1. The third-order valence-corrected chi connectivity index (χ3v) is 2.63. The fourth-order valence-electron chi connectivity index (χ4n) is 1.79. The first-order chi connectivity index (χ1) is 6.72. The van der Waals surface area contributed by atoms with E-state index in [1.165, 1.54) is 0 Å². The lowest BCUT2D eigenvalue weighted by atomic mass is 9.97. The standard InChI is InChI=1S/C10H19NO3/c1-3-9(10(13)14-4-2)11-5-8(6-11)7-12/h8-9,12H,3-7H2,1-2H3. The number of aliphatic hydroxyl groups is 1. The molecule has 1 aliphatic rings. The molecule has 1 atom stereocenters. The van der Waals surface area contributed by atoms with Crippen molar-refractivity contribution in [2.75, 3.05) is 26.3 Å². The smallest absolute Gasteiger partial charge is 0.323 e. The summed E-state index contributed by atoms with van der Waals surface area (Å²) >= 11 is 0. The van der Waals surface area contributed by atoms with Gasteiger partial charge in [0.25, 0.3) is 0 Å². The number of esters is 1. The highest BCUT2D eigenvalue weighted by molar-refractivity contribution is 5.75. The Kier molecular flexibility index (Phi) is 4.35. The van der Waals surface area contributed by atoms with E-state index in [0.29, 0.717) is 12.5 Å². The van der Waals surface area contributed by atoms with Crippen molar-refractivity contribution in [2.24, 2.45) is 5.92 Å². The molecule has 4 heteroatoms. The van der Waals surface area contributed by atoms with E-state index in [1.807, 2.05) is 13.8 Å². The maximum Gasteiger partial charge on any atom is 0.323 e. The molecule has 1 aliphatic heterocycles. The highest BCUT2D eigenvalue weighted by atomic mass is 16.5. The number of carbonyl (C=O) groups is 1. The fourth-order valence-corrected chi connectivity index (χ4v) is 1.79. The molecule has 0 bridgehead atoms. The predicted octanol–water partition coefficient (Wildman–Crippen LogP) is 0.252. The monoisotopic (exact) mass is 201 g/mol. The van der Waals surface area contributed by atoms with Gasteiger partial charge in [-0.15, -0.1) is 0 Å². The fraction of sp³-hybridized carbons (Fsp3) is 0.900. The van der Waals surface area contributed by atoms with Crippen molar-refractivity contribution < 1.29 is 14.6 Å². The van der Waals surface area contributed by atoms with Crippen LogP contribution in [0.15, 0.2) is 0 Å². The van der Waals surface area contributed by atoms with E-state index in [4.69, 9.17) is 9.84 Å². The molecule has 0 aliphatic carbocycles. The van der Waals surface area contributed by atoms with E-state index >= 15 is 0 Å². The third-order valence-electron chi connectivity index (χ3n) is 2.63. The van der Waals surface area contributed by atoms with Crippen molar-refractivity contribution in [3.63, 3.8) is 0 Å². The highest BCUT2D eigenvalue weighted by Crippen LogP contribution is 2.20. The second kappa shape index (κ2) is 5.32.